The Balaban J connectivity index is 1.40. The van der Waals surface area contributed by atoms with E-state index in [9.17, 15) is 9.59 Å². The molecule has 0 saturated carbocycles. The second-order valence-corrected chi connectivity index (χ2v) is 7.02. The van der Waals surface area contributed by atoms with E-state index in [1.807, 2.05) is 12.1 Å². The monoisotopic (exact) mass is 379 g/mol. The molecule has 25 heavy (non-hydrogen) atoms. The molecule has 2 aromatic rings. The number of nitrogens with zero attached hydrogens (tertiary/aromatic N) is 2. The number of fused-ring (bicyclic) bond motifs is 1. The summed E-state index contributed by atoms with van der Waals surface area (Å²) in [5, 5.41) is 4.12. The highest BCUT2D eigenvalue weighted by atomic mass is 35.5. The second kappa shape index (κ2) is 8.40. The van der Waals surface area contributed by atoms with Crippen LogP contribution in [0.25, 0.3) is 0 Å². The first kappa shape index (κ1) is 17.8. The lowest BCUT2D eigenvalue weighted by atomic mass is 10.3. The third kappa shape index (κ3) is 4.55. The Hall–Kier alpha value is -1.99. The van der Waals surface area contributed by atoms with E-state index in [0.717, 1.165) is 24.3 Å². The molecule has 1 N–H and O–H groups in total. The lowest BCUT2D eigenvalue weighted by molar-refractivity contribution is 0.0949. The number of halogens is 1. The summed E-state index contributed by atoms with van der Waals surface area (Å²) < 4.78 is 7.14. The Morgan fingerprint density at radius 3 is 2.92 bits per heavy atom. The van der Waals surface area contributed by atoms with Crippen molar-refractivity contribution in [1.82, 2.24) is 14.9 Å². The number of benzene rings is 1. The van der Waals surface area contributed by atoms with Gasteiger partial charge in [0.05, 0.1) is 6.61 Å². The van der Waals surface area contributed by atoms with E-state index in [2.05, 4.69) is 10.3 Å². The van der Waals surface area contributed by atoms with Crippen molar-refractivity contribution in [3.8, 4) is 5.75 Å². The van der Waals surface area contributed by atoms with Gasteiger partial charge in [-0.25, -0.2) is 4.98 Å². The number of ether oxygens (including phenoxy) is 1. The average molecular weight is 380 g/mol. The number of unbranched alkanes of at least 4 members (excludes halogenated alkanes) is 1. The summed E-state index contributed by atoms with van der Waals surface area (Å²) in [6.45, 7) is 1.64. The van der Waals surface area contributed by atoms with E-state index in [1.165, 1.54) is 18.0 Å². The highest BCUT2D eigenvalue weighted by Crippen LogP contribution is 2.20. The Kier molecular flexibility index (Phi) is 5.99. The lowest BCUT2D eigenvalue weighted by Gasteiger charge is -2.08. The second-order valence-electron chi connectivity index (χ2n) is 5.53. The van der Waals surface area contributed by atoms with Crippen molar-refractivity contribution in [1.29, 1.82) is 0 Å². The summed E-state index contributed by atoms with van der Waals surface area (Å²) >= 11 is 7.34. The summed E-state index contributed by atoms with van der Waals surface area (Å²) in [4.78, 5) is 28.5. The van der Waals surface area contributed by atoms with Crippen LogP contribution in [0, 0.1) is 0 Å². The van der Waals surface area contributed by atoms with Crippen molar-refractivity contribution in [2.24, 2.45) is 0 Å². The SMILES string of the molecule is O=C(NCCCCOc1ccc(Cl)cc1)c1cnc2n(c1=O)CCS2. The quantitative estimate of drug-likeness (QED) is 0.591. The molecule has 2 heterocycles. The standard InChI is InChI=1S/C17H18ClN3O3S/c18-12-3-5-13(6-4-12)24-9-2-1-7-19-15(22)14-11-20-17-21(16(14)23)8-10-25-17/h3-6,11H,1-2,7-10H2,(H,19,22). The fourth-order valence-corrected chi connectivity index (χ4v) is 3.46. The predicted octanol–water partition coefficient (Wildman–Crippen LogP) is 2.59. The van der Waals surface area contributed by atoms with Gasteiger partial charge in [0.1, 0.15) is 11.3 Å². The highest BCUT2D eigenvalue weighted by molar-refractivity contribution is 7.99. The lowest BCUT2D eigenvalue weighted by Crippen LogP contribution is -2.33. The van der Waals surface area contributed by atoms with E-state index >= 15 is 0 Å². The maximum Gasteiger partial charge on any atom is 0.267 e. The molecule has 132 valence electrons. The van der Waals surface area contributed by atoms with E-state index in [-0.39, 0.29) is 17.0 Å². The molecular weight excluding hydrogens is 362 g/mol. The van der Waals surface area contributed by atoms with E-state index < -0.39 is 0 Å². The molecular formula is C17H18ClN3O3S. The number of aromatic nitrogens is 2. The molecule has 1 amide bonds. The summed E-state index contributed by atoms with van der Waals surface area (Å²) in [7, 11) is 0. The first-order valence-corrected chi connectivity index (χ1v) is 9.41. The van der Waals surface area contributed by atoms with Crippen molar-refractivity contribution < 1.29 is 9.53 Å². The Labute approximate surface area is 154 Å². The van der Waals surface area contributed by atoms with Crippen LogP contribution in [0.5, 0.6) is 5.75 Å². The van der Waals surface area contributed by atoms with Crippen molar-refractivity contribution >= 4 is 29.3 Å². The molecule has 0 radical (unpaired) electrons. The van der Waals surface area contributed by atoms with E-state index in [0.29, 0.717) is 29.9 Å². The average Bonchev–Trinajstić information content (AvgIpc) is 3.09. The van der Waals surface area contributed by atoms with E-state index in [1.54, 1.807) is 16.7 Å². The number of thioether (sulfide) groups is 1. The largest absolute Gasteiger partial charge is 0.494 e. The molecule has 1 aromatic heterocycles. The molecule has 1 aliphatic rings. The zero-order valence-electron chi connectivity index (χ0n) is 13.5. The summed E-state index contributed by atoms with van der Waals surface area (Å²) in [6.07, 6.45) is 2.92. The van der Waals surface area contributed by atoms with Crippen molar-refractivity contribution in [2.45, 2.75) is 24.5 Å². The van der Waals surface area contributed by atoms with Gasteiger partial charge in [0.25, 0.3) is 11.5 Å². The van der Waals surface area contributed by atoms with Crippen LogP contribution in [0.2, 0.25) is 5.02 Å². The molecule has 0 fully saturated rings. The molecule has 8 heteroatoms. The van der Waals surface area contributed by atoms with Crippen molar-refractivity contribution in [3.63, 3.8) is 0 Å². The number of carbonyl (C=O) groups is 1. The van der Waals surface area contributed by atoms with Gasteiger partial charge < -0.3 is 10.1 Å². The Bertz CT molecular complexity index is 808. The van der Waals surface area contributed by atoms with Gasteiger partial charge in [0.15, 0.2) is 5.16 Å². The number of amides is 1. The molecule has 1 aliphatic heterocycles. The van der Waals surface area contributed by atoms with Crippen LogP contribution in [0.4, 0.5) is 0 Å². The first-order valence-electron chi connectivity index (χ1n) is 8.04. The van der Waals surface area contributed by atoms with Crippen molar-refractivity contribution in [3.05, 3.63) is 51.4 Å². The van der Waals surface area contributed by atoms with Gasteiger partial charge in [-0.2, -0.15) is 0 Å². The molecule has 6 nitrogen and oxygen atoms in total. The minimum absolute atomic E-state index is 0.101. The van der Waals surface area contributed by atoms with Crippen LogP contribution in [-0.4, -0.2) is 34.4 Å². The summed E-state index contributed by atoms with van der Waals surface area (Å²) in [5.41, 5.74) is -0.165. The fourth-order valence-electron chi connectivity index (χ4n) is 2.42. The smallest absolute Gasteiger partial charge is 0.267 e. The summed E-state index contributed by atoms with van der Waals surface area (Å²) in [6, 6.07) is 7.19. The van der Waals surface area contributed by atoms with Crippen LogP contribution in [0.1, 0.15) is 23.2 Å². The first-order chi connectivity index (χ1) is 12.1. The molecule has 3 rings (SSSR count). The zero-order valence-corrected chi connectivity index (χ0v) is 15.1. The maximum absolute atomic E-state index is 12.2. The van der Waals surface area contributed by atoms with E-state index in [4.69, 9.17) is 16.3 Å². The number of carbonyl (C=O) groups excluding carboxylic acids is 1. The van der Waals surface area contributed by atoms with Crippen LogP contribution >= 0.6 is 23.4 Å². The number of nitrogens with one attached hydrogen (secondary N) is 1. The van der Waals surface area contributed by atoms with Gasteiger partial charge in [-0.05, 0) is 37.1 Å². The van der Waals surface area contributed by atoms with Gasteiger partial charge >= 0.3 is 0 Å². The zero-order chi connectivity index (χ0) is 17.6. The molecule has 0 aliphatic carbocycles. The third-order valence-electron chi connectivity index (χ3n) is 3.74. The highest BCUT2D eigenvalue weighted by Gasteiger charge is 2.19. The van der Waals surface area contributed by atoms with Gasteiger partial charge in [-0.15, -0.1) is 0 Å². The Morgan fingerprint density at radius 1 is 1.32 bits per heavy atom. The normalized spacial score (nSPS) is 12.7. The van der Waals surface area contributed by atoms with Gasteiger partial charge in [0, 0.05) is 30.1 Å². The molecule has 0 atom stereocenters. The van der Waals surface area contributed by atoms with Gasteiger partial charge in [0.2, 0.25) is 0 Å². The number of rotatable bonds is 7. The molecule has 0 unspecified atom stereocenters. The molecule has 1 aromatic carbocycles. The maximum atomic E-state index is 12.2. The van der Waals surface area contributed by atoms with Crippen LogP contribution in [0.15, 0.2) is 40.4 Å². The number of hydrogen-bond acceptors (Lipinski definition) is 5. The van der Waals surface area contributed by atoms with Gasteiger partial charge in [-0.3, -0.25) is 14.2 Å². The third-order valence-corrected chi connectivity index (χ3v) is 4.96. The molecule has 0 bridgehead atoms. The van der Waals surface area contributed by atoms with Crippen LogP contribution < -0.4 is 15.6 Å². The minimum Gasteiger partial charge on any atom is -0.494 e. The number of hydrogen-bond donors (Lipinski definition) is 1. The summed E-state index contributed by atoms with van der Waals surface area (Å²) in [5.74, 6) is 1.22. The molecule has 0 spiro atoms. The topological polar surface area (TPSA) is 73.2 Å². The molecule has 0 saturated heterocycles. The van der Waals surface area contributed by atoms with Crippen LogP contribution in [0.3, 0.4) is 0 Å². The Morgan fingerprint density at radius 2 is 2.12 bits per heavy atom. The van der Waals surface area contributed by atoms with Crippen molar-refractivity contribution in [2.75, 3.05) is 18.9 Å². The van der Waals surface area contributed by atoms with Gasteiger partial charge in [-0.1, -0.05) is 23.4 Å². The fraction of sp³-hybridized carbons (Fsp3) is 0.353. The predicted molar refractivity (Wildman–Crippen MR) is 97.7 cm³/mol. The van der Waals surface area contributed by atoms with Crippen LogP contribution in [-0.2, 0) is 6.54 Å². The minimum atomic E-state index is -0.372.